The summed E-state index contributed by atoms with van der Waals surface area (Å²) in [5, 5.41) is 12.9. The first-order valence-corrected chi connectivity index (χ1v) is 6.02. The molecule has 17 heavy (non-hydrogen) atoms. The van der Waals surface area contributed by atoms with Crippen LogP contribution >= 0.6 is 11.8 Å². The number of halogens is 3. The van der Waals surface area contributed by atoms with Crippen molar-refractivity contribution in [1.82, 2.24) is 5.32 Å². The molecule has 1 aliphatic rings. The van der Waals surface area contributed by atoms with Gasteiger partial charge in [0.15, 0.2) is 0 Å². The van der Waals surface area contributed by atoms with Gasteiger partial charge in [-0.2, -0.15) is 13.2 Å². The predicted octanol–water partition coefficient (Wildman–Crippen LogP) is 2.55. The molecule has 1 atom stereocenters. The lowest BCUT2D eigenvalue weighted by atomic mass is 9.91. The summed E-state index contributed by atoms with van der Waals surface area (Å²) < 4.78 is 36.3. The monoisotopic (exact) mass is 263 g/mol. The maximum Gasteiger partial charge on any atom is 0.446 e. The Labute approximate surface area is 101 Å². The third-order valence-electron chi connectivity index (χ3n) is 2.71. The van der Waals surface area contributed by atoms with E-state index < -0.39 is 11.6 Å². The Hall–Kier alpha value is -0.720. The Morgan fingerprint density at radius 1 is 1.24 bits per heavy atom. The van der Waals surface area contributed by atoms with Gasteiger partial charge in [-0.3, -0.25) is 0 Å². The molecule has 1 aromatic carbocycles. The van der Waals surface area contributed by atoms with E-state index in [1.165, 1.54) is 12.1 Å². The third kappa shape index (κ3) is 3.37. The molecule has 6 heteroatoms. The molecule has 0 amide bonds. The molecule has 1 aliphatic heterocycles. The SMILES string of the molecule is OC(c1ccc(SC(F)(F)F)cc1)C1CNC1. The van der Waals surface area contributed by atoms with Crippen molar-refractivity contribution < 1.29 is 18.3 Å². The maximum absolute atomic E-state index is 12.1. The summed E-state index contributed by atoms with van der Waals surface area (Å²) in [7, 11) is 0. The van der Waals surface area contributed by atoms with Gasteiger partial charge in [0.1, 0.15) is 0 Å². The van der Waals surface area contributed by atoms with Crippen LogP contribution in [0.3, 0.4) is 0 Å². The van der Waals surface area contributed by atoms with Gasteiger partial charge < -0.3 is 10.4 Å². The number of hydrogen-bond donors (Lipinski definition) is 2. The zero-order valence-corrected chi connectivity index (χ0v) is 9.68. The van der Waals surface area contributed by atoms with Gasteiger partial charge >= 0.3 is 5.51 Å². The molecule has 2 nitrogen and oxygen atoms in total. The summed E-state index contributed by atoms with van der Waals surface area (Å²) in [5.41, 5.74) is -3.60. The molecule has 0 radical (unpaired) electrons. The van der Waals surface area contributed by atoms with E-state index in [0.29, 0.717) is 5.56 Å². The van der Waals surface area contributed by atoms with Crippen molar-refractivity contribution in [2.45, 2.75) is 16.5 Å². The van der Waals surface area contributed by atoms with E-state index in [9.17, 15) is 18.3 Å². The summed E-state index contributed by atoms with van der Waals surface area (Å²) >= 11 is -0.145. The summed E-state index contributed by atoms with van der Waals surface area (Å²) in [5.74, 6) is 0.163. The number of benzene rings is 1. The molecule has 2 rings (SSSR count). The number of rotatable bonds is 3. The second kappa shape index (κ2) is 4.88. The highest BCUT2D eigenvalue weighted by atomic mass is 32.2. The summed E-state index contributed by atoms with van der Waals surface area (Å²) in [4.78, 5) is 0.139. The fraction of sp³-hybridized carbons (Fsp3) is 0.455. The Bertz CT molecular complexity index is 375. The molecular weight excluding hydrogens is 251 g/mol. The van der Waals surface area contributed by atoms with E-state index in [-0.39, 0.29) is 22.6 Å². The van der Waals surface area contributed by atoms with E-state index in [1.54, 1.807) is 12.1 Å². The van der Waals surface area contributed by atoms with Crippen molar-refractivity contribution in [2.24, 2.45) is 5.92 Å². The first kappa shape index (κ1) is 12.7. The van der Waals surface area contributed by atoms with Crippen molar-refractivity contribution in [2.75, 3.05) is 13.1 Å². The molecule has 1 fully saturated rings. The first-order chi connectivity index (χ1) is 7.96. The second-order valence-electron chi connectivity index (χ2n) is 3.98. The highest BCUT2D eigenvalue weighted by Crippen LogP contribution is 2.37. The largest absolute Gasteiger partial charge is 0.446 e. The van der Waals surface area contributed by atoms with E-state index >= 15 is 0 Å². The average molecular weight is 263 g/mol. The Kier molecular flexibility index (Phi) is 3.65. The fourth-order valence-corrected chi connectivity index (χ4v) is 2.21. The second-order valence-corrected chi connectivity index (χ2v) is 5.12. The lowest BCUT2D eigenvalue weighted by Gasteiger charge is -2.31. The van der Waals surface area contributed by atoms with Gasteiger partial charge in [0.2, 0.25) is 0 Å². The maximum atomic E-state index is 12.1. The van der Waals surface area contributed by atoms with E-state index in [1.807, 2.05) is 0 Å². The molecule has 1 aromatic rings. The first-order valence-electron chi connectivity index (χ1n) is 5.20. The summed E-state index contributed by atoms with van der Waals surface area (Å²) in [6.45, 7) is 1.50. The topological polar surface area (TPSA) is 32.3 Å². The van der Waals surface area contributed by atoms with Gasteiger partial charge in [-0.25, -0.2) is 0 Å². The molecule has 94 valence electrons. The van der Waals surface area contributed by atoms with Crippen LogP contribution in [0.2, 0.25) is 0 Å². The van der Waals surface area contributed by atoms with Gasteiger partial charge in [0, 0.05) is 23.9 Å². The van der Waals surface area contributed by atoms with Crippen molar-refractivity contribution in [3.8, 4) is 0 Å². The molecule has 0 bridgehead atoms. The minimum Gasteiger partial charge on any atom is -0.388 e. The molecule has 0 spiro atoms. The van der Waals surface area contributed by atoms with Gasteiger partial charge in [-0.05, 0) is 29.5 Å². The van der Waals surface area contributed by atoms with Crippen LogP contribution in [-0.2, 0) is 0 Å². The van der Waals surface area contributed by atoms with Crippen molar-refractivity contribution in [1.29, 1.82) is 0 Å². The molecule has 1 heterocycles. The Morgan fingerprint density at radius 3 is 2.24 bits per heavy atom. The minimum absolute atomic E-state index is 0.139. The summed E-state index contributed by atoms with van der Waals surface area (Å²) in [6.07, 6.45) is -0.596. The van der Waals surface area contributed by atoms with Crippen molar-refractivity contribution >= 4 is 11.8 Å². The number of hydrogen-bond acceptors (Lipinski definition) is 3. The number of aliphatic hydroxyl groups excluding tert-OH is 1. The molecule has 1 unspecified atom stereocenters. The number of nitrogens with one attached hydrogen (secondary N) is 1. The quantitative estimate of drug-likeness (QED) is 0.822. The van der Waals surface area contributed by atoms with Crippen LogP contribution in [0.5, 0.6) is 0 Å². The lowest BCUT2D eigenvalue weighted by molar-refractivity contribution is -0.0328. The molecule has 0 aliphatic carbocycles. The van der Waals surface area contributed by atoms with Crippen LogP contribution < -0.4 is 5.32 Å². The van der Waals surface area contributed by atoms with E-state index in [0.717, 1.165) is 13.1 Å². The standard InChI is InChI=1S/C11H12F3NOS/c12-11(13,14)17-9-3-1-7(2-4-9)10(16)8-5-15-6-8/h1-4,8,10,15-16H,5-6H2. The highest BCUT2D eigenvalue weighted by molar-refractivity contribution is 8.00. The van der Waals surface area contributed by atoms with Gasteiger partial charge in [0.05, 0.1) is 6.10 Å². The van der Waals surface area contributed by atoms with Crippen LogP contribution in [-0.4, -0.2) is 23.7 Å². The van der Waals surface area contributed by atoms with Crippen molar-refractivity contribution in [3.05, 3.63) is 29.8 Å². The van der Waals surface area contributed by atoms with E-state index in [4.69, 9.17) is 0 Å². The number of thioether (sulfide) groups is 1. The predicted molar refractivity (Wildman–Crippen MR) is 59.7 cm³/mol. The smallest absolute Gasteiger partial charge is 0.388 e. The van der Waals surface area contributed by atoms with E-state index in [2.05, 4.69) is 5.32 Å². The number of aliphatic hydroxyl groups is 1. The van der Waals surface area contributed by atoms with Gasteiger partial charge in [-0.1, -0.05) is 12.1 Å². The van der Waals surface area contributed by atoms with Crippen molar-refractivity contribution in [3.63, 3.8) is 0 Å². The Morgan fingerprint density at radius 2 is 1.82 bits per heavy atom. The third-order valence-corrected chi connectivity index (χ3v) is 3.45. The zero-order valence-electron chi connectivity index (χ0n) is 8.87. The van der Waals surface area contributed by atoms with Crippen LogP contribution in [0.1, 0.15) is 11.7 Å². The highest BCUT2D eigenvalue weighted by Gasteiger charge is 2.30. The van der Waals surface area contributed by atoms with Gasteiger partial charge in [0.25, 0.3) is 0 Å². The number of alkyl halides is 3. The molecule has 1 saturated heterocycles. The normalized spacial score (nSPS) is 18.8. The molecular formula is C11H12F3NOS. The van der Waals surface area contributed by atoms with Gasteiger partial charge in [-0.15, -0.1) is 0 Å². The van der Waals surface area contributed by atoms with Crippen LogP contribution in [0, 0.1) is 5.92 Å². The minimum atomic E-state index is -4.27. The average Bonchev–Trinajstić information content (AvgIpc) is 2.13. The fourth-order valence-electron chi connectivity index (χ4n) is 1.67. The molecule has 0 saturated carbocycles. The Balaban J connectivity index is 2.02. The summed E-state index contributed by atoms with van der Waals surface area (Å²) in [6, 6.07) is 5.89. The van der Waals surface area contributed by atoms with Crippen LogP contribution in [0.4, 0.5) is 13.2 Å². The molecule has 0 aromatic heterocycles. The lowest BCUT2D eigenvalue weighted by Crippen LogP contribution is -2.45. The zero-order chi connectivity index (χ0) is 12.5. The molecule has 2 N–H and O–H groups in total. The van der Waals surface area contributed by atoms with Crippen LogP contribution in [0.15, 0.2) is 29.2 Å². The van der Waals surface area contributed by atoms with Crippen LogP contribution in [0.25, 0.3) is 0 Å².